The Kier molecular flexibility index (Phi) is 39.2. The molecule has 1 aliphatic heterocycles. The summed E-state index contributed by atoms with van der Waals surface area (Å²) >= 11 is 0. The molecular formula is C49H94O12S. The van der Waals surface area contributed by atoms with Crippen LogP contribution in [-0.4, -0.2) is 97.5 Å². The first kappa shape index (κ1) is 58.9. The summed E-state index contributed by atoms with van der Waals surface area (Å²) in [5.74, 6) is -0.404. The molecule has 1 saturated heterocycles. The smallest absolute Gasteiger partial charge is 0.397 e. The minimum absolute atomic E-state index is 0.0385. The normalized spacial score (nSPS) is 20.0. The van der Waals surface area contributed by atoms with Gasteiger partial charge < -0.3 is 34.3 Å². The van der Waals surface area contributed by atoms with Crippen LogP contribution in [0.3, 0.4) is 0 Å². The van der Waals surface area contributed by atoms with Gasteiger partial charge in [-0.1, -0.05) is 199 Å². The van der Waals surface area contributed by atoms with Gasteiger partial charge in [-0.05, 0) is 38.5 Å². The van der Waals surface area contributed by atoms with Gasteiger partial charge in [-0.3, -0.25) is 9.35 Å². The molecule has 0 aliphatic carbocycles. The minimum Gasteiger partial charge on any atom is -0.457 e. The van der Waals surface area contributed by atoms with Gasteiger partial charge in [-0.2, -0.15) is 8.42 Å². The molecule has 1 heterocycles. The van der Waals surface area contributed by atoms with Gasteiger partial charge >= 0.3 is 16.4 Å². The maximum absolute atomic E-state index is 12.8. The molecule has 368 valence electrons. The third-order valence-electron chi connectivity index (χ3n) is 11.9. The fourth-order valence-corrected chi connectivity index (χ4v) is 8.53. The Morgan fingerprint density at radius 1 is 0.597 bits per heavy atom. The van der Waals surface area contributed by atoms with Gasteiger partial charge in [0.1, 0.15) is 30.5 Å². The number of ether oxygens (including phenoxy) is 4. The Balaban J connectivity index is 2.30. The fourth-order valence-electron chi connectivity index (χ4n) is 8.02. The Labute approximate surface area is 379 Å². The summed E-state index contributed by atoms with van der Waals surface area (Å²) in [5.41, 5.74) is 0. The highest BCUT2D eigenvalue weighted by atomic mass is 32.3. The van der Waals surface area contributed by atoms with E-state index in [9.17, 15) is 33.1 Å². The zero-order valence-corrected chi connectivity index (χ0v) is 40.3. The van der Waals surface area contributed by atoms with E-state index in [0.29, 0.717) is 13.0 Å². The molecule has 1 fully saturated rings. The number of hydrogen-bond donors (Lipinski definition) is 4. The summed E-state index contributed by atoms with van der Waals surface area (Å²) < 4.78 is 59.1. The van der Waals surface area contributed by atoms with E-state index in [1.165, 1.54) is 148 Å². The first-order chi connectivity index (χ1) is 30.1. The molecule has 1 aliphatic rings. The molecule has 0 aromatic rings. The molecule has 0 aromatic carbocycles. The predicted molar refractivity (Wildman–Crippen MR) is 248 cm³/mol. The summed E-state index contributed by atoms with van der Waals surface area (Å²) in [4.78, 5) is 12.8. The van der Waals surface area contributed by atoms with E-state index in [1.54, 1.807) is 0 Å². The van der Waals surface area contributed by atoms with Crippen LogP contribution in [0.1, 0.15) is 232 Å². The maximum atomic E-state index is 12.8. The van der Waals surface area contributed by atoms with Crippen LogP contribution < -0.4 is 0 Å². The Morgan fingerprint density at radius 2 is 1.02 bits per heavy atom. The molecule has 0 spiro atoms. The third kappa shape index (κ3) is 34.2. The van der Waals surface area contributed by atoms with E-state index in [-0.39, 0.29) is 19.6 Å². The van der Waals surface area contributed by atoms with Crippen molar-refractivity contribution in [1.82, 2.24) is 0 Å². The lowest BCUT2D eigenvalue weighted by atomic mass is 9.99. The van der Waals surface area contributed by atoms with Crippen molar-refractivity contribution in [3.63, 3.8) is 0 Å². The fraction of sp³-hybridized carbons (Fsp3) is 0.939. The molecule has 0 saturated carbocycles. The molecule has 4 N–H and O–H groups in total. The topological polar surface area (TPSA) is 178 Å². The van der Waals surface area contributed by atoms with Crippen molar-refractivity contribution in [3.8, 4) is 0 Å². The first-order valence-corrected chi connectivity index (χ1v) is 26.8. The number of carbonyl (C=O) groups excluding carboxylic acids is 1. The minimum atomic E-state index is -5.06. The number of esters is 1. The van der Waals surface area contributed by atoms with Crippen LogP contribution in [0.4, 0.5) is 0 Å². The van der Waals surface area contributed by atoms with E-state index in [1.807, 2.05) is 0 Å². The van der Waals surface area contributed by atoms with Gasteiger partial charge in [0.15, 0.2) is 6.29 Å². The second-order valence-corrected chi connectivity index (χ2v) is 18.8. The average molecular weight is 907 g/mol. The average Bonchev–Trinajstić information content (AvgIpc) is 3.24. The molecule has 1 rings (SSSR count). The van der Waals surface area contributed by atoms with Gasteiger partial charge in [-0.25, -0.2) is 4.18 Å². The van der Waals surface area contributed by atoms with Crippen molar-refractivity contribution < 1.29 is 56.2 Å². The van der Waals surface area contributed by atoms with Gasteiger partial charge in [0.25, 0.3) is 0 Å². The van der Waals surface area contributed by atoms with Crippen LogP contribution in [0.5, 0.6) is 0 Å². The van der Waals surface area contributed by atoms with Crippen molar-refractivity contribution >= 4 is 16.4 Å². The summed E-state index contributed by atoms with van der Waals surface area (Å²) in [7, 11) is -5.06. The van der Waals surface area contributed by atoms with Gasteiger partial charge in [0.2, 0.25) is 0 Å². The zero-order chi connectivity index (χ0) is 45.4. The van der Waals surface area contributed by atoms with Crippen molar-refractivity contribution in [1.29, 1.82) is 0 Å². The Hall–Kier alpha value is -1.16. The standard InChI is InChI=1S/C49H94O12S/c1-3-5-7-9-11-13-15-17-18-19-20-21-22-23-24-25-26-27-29-31-33-35-37-39-57-41-43(59-45(51)38-36-34-32-30-28-16-14-12-10-8-6-4-2)42-58-49-47(53)48(61-62(54,55)56)46(52)44(40-50)60-49/h12,14,43-44,46-50,52-53H,3-11,13,15-42H2,1-2H3,(H,54,55,56)/b14-12-. The van der Waals surface area contributed by atoms with Crippen LogP contribution in [0, 0.1) is 0 Å². The molecule has 12 nitrogen and oxygen atoms in total. The second kappa shape index (κ2) is 41.3. The van der Waals surface area contributed by atoms with Crippen LogP contribution in [0.25, 0.3) is 0 Å². The van der Waals surface area contributed by atoms with Gasteiger partial charge in [0, 0.05) is 13.0 Å². The molecule has 62 heavy (non-hydrogen) atoms. The van der Waals surface area contributed by atoms with E-state index in [0.717, 1.165) is 57.8 Å². The molecule has 13 heteroatoms. The van der Waals surface area contributed by atoms with Crippen LogP contribution in [-0.2, 0) is 38.3 Å². The summed E-state index contributed by atoms with van der Waals surface area (Å²) in [5, 5.41) is 30.7. The number of hydrogen-bond acceptors (Lipinski definition) is 11. The Bertz CT molecular complexity index is 1140. The molecule has 6 unspecified atom stereocenters. The summed E-state index contributed by atoms with van der Waals surface area (Å²) in [6.07, 6.45) is 36.9. The van der Waals surface area contributed by atoms with E-state index in [4.69, 9.17) is 18.9 Å². The van der Waals surface area contributed by atoms with Crippen LogP contribution in [0.2, 0.25) is 0 Å². The van der Waals surface area contributed by atoms with Gasteiger partial charge in [0.05, 0.1) is 19.8 Å². The zero-order valence-electron chi connectivity index (χ0n) is 39.5. The van der Waals surface area contributed by atoms with Crippen molar-refractivity contribution in [3.05, 3.63) is 12.2 Å². The summed E-state index contributed by atoms with van der Waals surface area (Å²) in [6.45, 7) is 4.00. The monoisotopic (exact) mass is 907 g/mol. The van der Waals surface area contributed by atoms with Crippen LogP contribution in [0.15, 0.2) is 12.2 Å². The Morgan fingerprint density at radius 3 is 1.48 bits per heavy atom. The number of aliphatic hydroxyl groups excluding tert-OH is 3. The largest absolute Gasteiger partial charge is 0.457 e. The molecule has 0 radical (unpaired) electrons. The van der Waals surface area contributed by atoms with Crippen molar-refractivity contribution in [2.45, 2.75) is 269 Å². The number of allylic oxidation sites excluding steroid dienone is 2. The van der Waals surface area contributed by atoms with E-state index in [2.05, 4.69) is 30.2 Å². The van der Waals surface area contributed by atoms with Gasteiger partial charge in [-0.15, -0.1) is 0 Å². The summed E-state index contributed by atoms with van der Waals surface area (Å²) in [6, 6.07) is 0. The highest BCUT2D eigenvalue weighted by molar-refractivity contribution is 7.80. The molecular weight excluding hydrogens is 813 g/mol. The highest BCUT2D eigenvalue weighted by Crippen LogP contribution is 2.26. The quantitative estimate of drug-likeness (QED) is 0.0197. The number of unbranched alkanes of at least 4 members (excludes halogenated alkanes) is 30. The first-order valence-electron chi connectivity index (χ1n) is 25.4. The van der Waals surface area contributed by atoms with Crippen molar-refractivity contribution in [2.75, 3.05) is 26.4 Å². The maximum Gasteiger partial charge on any atom is 0.397 e. The lowest BCUT2D eigenvalue weighted by Gasteiger charge is -2.41. The number of rotatable bonds is 45. The SMILES string of the molecule is CCCCC/C=C\CCCCCCCC(=O)OC(COCCCCCCCCCCCCCCCCCCCCCCCCC)COC1OC(CO)C(O)C(OS(=O)(=O)O)C1O. The molecule has 6 atom stereocenters. The predicted octanol–water partition coefficient (Wildman–Crippen LogP) is 11.4. The molecule has 0 bridgehead atoms. The third-order valence-corrected chi connectivity index (χ3v) is 12.4. The van der Waals surface area contributed by atoms with Crippen LogP contribution >= 0.6 is 0 Å². The van der Waals surface area contributed by atoms with Crippen molar-refractivity contribution in [2.24, 2.45) is 0 Å². The van der Waals surface area contributed by atoms with E-state index >= 15 is 0 Å². The lowest BCUT2D eigenvalue weighted by molar-refractivity contribution is -0.301. The number of aliphatic hydroxyl groups is 3. The second-order valence-electron chi connectivity index (χ2n) is 17.8. The molecule has 0 aromatic heterocycles. The number of carbonyl (C=O) groups is 1. The van der Waals surface area contributed by atoms with E-state index < -0.39 is 59.8 Å². The lowest BCUT2D eigenvalue weighted by Crippen LogP contribution is -2.60. The highest BCUT2D eigenvalue weighted by Gasteiger charge is 2.48. The molecule has 0 amide bonds.